The second kappa shape index (κ2) is 6.28. The van der Waals surface area contributed by atoms with Crippen LogP contribution in [-0.2, 0) is 12.8 Å². The van der Waals surface area contributed by atoms with Crippen LogP contribution in [0.1, 0.15) is 43.2 Å². The zero-order chi connectivity index (χ0) is 13.8. The second-order valence-corrected chi connectivity index (χ2v) is 6.76. The van der Waals surface area contributed by atoms with Gasteiger partial charge in [0.1, 0.15) is 0 Å². The van der Waals surface area contributed by atoms with E-state index in [9.17, 15) is 5.11 Å². The number of hydrogen-bond donors (Lipinski definition) is 1. The van der Waals surface area contributed by atoms with Crippen LogP contribution in [0, 0.1) is 5.41 Å². The minimum Gasteiger partial charge on any atom is -0.396 e. The summed E-state index contributed by atoms with van der Waals surface area (Å²) in [5.74, 6) is 0. The lowest BCUT2D eigenvalue weighted by atomic mass is 9.74. The average molecular weight is 273 g/mol. The van der Waals surface area contributed by atoms with E-state index in [1.54, 1.807) is 0 Å². The van der Waals surface area contributed by atoms with Crippen molar-refractivity contribution in [2.45, 2.75) is 44.9 Å². The molecule has 2 nitrogen and oxygen atoms in total. The van der Waals surface area contributed by atoms with Crippen LogP contribution < -0.4 is 0 Å². The van der Waals surface area contributed by atoms with Gasteiger partial charge in [-0.3, -0.25) is 0 Å². The molecule has 2 aliphatic rings. The molecule has 0 aromatic heterocycles. The number of fused-ring (bicyclic) bond motifs is 1. The molecule has 0 radical (unpaired) electrons. The molecular weight excluding hydrogens is 246 g/mol. The summed E-state index contributed by atoms with van der Waals surface area (Å²) in [6.07, 6.45) is 8.71. The molecule has 2 heteroatoms. The summed E-state index contributed by atoms with van der Waals surface area (Å²) in [5.41, 5.74) is 3.24. The quantitative estimate of drug-likeness (QED) is 0.915. The molecule has 110 valence electrons. The molecule has 0 unspecified atom stereocenters. The first kappa shape index (κ1) is 14.1. The topological polar surface area (TPSA) is 23.5 Å². The molecule has 1 aromatic rings. The Labute approximate surface area is 122 Å². The monoisotopic (exact) mass is 273 g/mol. The summed E-state index contributed by atoms with van der Waals surface area (Å²) in [5, 5.41) is 9.89. The molecule has 0 bridgehead atoms. The third-order valence-electron chi connectivity index (χ3n) is 5.32. The highest BCUT2D eigenvalue weighted by Crippen LogP contribution is 2.37. The number of aliphatic hydroxyl groups is 1. The first-order chi connectivity index (χ1) is 9.81. The maximum Gasteiger partial charge on any atom is 0.0499 e. The van der Waals surface area contributed by atoms with Crippen molar-refractivity contribution in [1.29, 1.82) is 0 Å². The Balaban J connectivity index is 1.64. The van der Waals surface area contributed by atoms with Crippen molar-refractivity contribution in [2.24, 2.45) is 5.41 Å². The lowest BCUT2D eigenvalue weighted by Gasteiger charge is -2.39. The van der Waals surface area contributed by atoms with Crippen molar-refractivity contribution >= 4 is 0 Å². The SMILES string of the molecule is OCC1(CN2CCc3ccccc3CC2)CCCCC1. The van der Waals surface area contributed by atoms with Gasteiger partial charge in [-0.25, -0.2) is 0 Å². The van der Waals surface area contributed by atoms with Gasteiger partial charge in [-0.15, -0.1) is 0 Å². The maximum atomic E-state index is 9.89. The van der Waals surface area contributed by atoms with E-state index in [1.807, 2.05) is 0 Å². The van der Waals surface area contributed by atoms with Crippen LogP contribution >= 0.6 is 0 Å². The van der Waals surface area contributed by atoms with Crippen molar-refractivity contribution in [2.75, 3.05) is 26.2 Å². The minimum absolute atomic E-state index is 0.189. The molecule has 1 heterocycles. The Hall–Kier alpha value is -0.860. The average Bonchev–Trinajstić information content (AvgIpc) is 2.71. The predicted octanol–water partition coefficient (Wildman–Crippen LogP) is 3.03. The fourth-order valence-corrected chi connectivity index (χ4v) is 4.01. The largest absolute Gasteiger partial charge is 0.396 e. The normalized spacial score (nSPS) is 23.1. The summed E-state index contributed by atoms with van der Waals surface area (Å²) in [7, 11) is 0. The van der Waals surface area contributed by atoms with Gasteiger partial charge in [0.25, 0.3) is 0 Å². The molecule has 0 saturated heterocycles. The van der Waals surface area contributed by atoms with Crippen LogP contribution in [0.4, 0.5) is 0 Å². The number of nitrogens with zero attached hydrogens (tertiary/aromatic N) is 1. The van der Waals surface area contributed by atoms with Crippen LogP contribution in [0.2, 0.25) is 0 Å². The first-order valence-electron chi connectivity index (χ1n) is 8.21. The van der Waals surface area contributed by atoms with Gasteiger partial charge in [0, 0.05) is 31.7 Å². The molecule has 1 aliphatic heterocycles. The standard InChI is InChI=1S/C18H27NO/c20-15-18(10-4-1-5-11-18)14-19-12-8-16-6-2-3-7-17(16)9-13-19/h2-3,6-7,20H,1,4-5,8-15H2. The molecule has 1 aromatic carbocycles. The molecule has 0 spiro atoms. The van der Waals surface area contributed by atoms with Crippen molar-refractivity contribution < 1.29 is 5.11 Å². The Morgan fingerprint density at radius 1 is 0.950 bits per heavy atom. The summed E-state index contributed by atoms with van der Waals surface area (Å²) in [6, 6.07) is 8.87. The van der Waals surface area contributed by atoms with E-state index in [0.29, 0.717) is 6.61 Å². The molecule has 1 aliphatic carbocycles. The Kier molecular flexibility index (Phi) is 4.42. The van der Waals surface area contributed by atoms with E-state index in [4.69, 9.17) is 0 Å². The first-order valence-corrected chi connectivity index (χ1v) is 8.21. The van der Waals surface area contributed by atoms with Crippen LogP contribution in [0.3, 0.4) is 0 Å². The Morgan fingerprint density at radius 2 is 1.55 bits per heavy atom. The van der Waals surface area contributed by atoms with Crippen molar-refractivity contribution in [3.63, 3.8) is 0 Å². The lowest BCUT2D eigenvalue weighted by molar-refractivity contribution is 0.0417. The number of rotatable bonds is 3. The summed E-state index contributed by atoms with van der Waals surface area (Å²) in [4.78, 5) is 2.60. The molecule has 0 amide bonds. The zero-order valence-corrected chi connectivity index (χ0v) is 12.5. The van der Waals surface area contributed by atoms with Gasteiger partial charge in [-0.05, 0) is 36.8 Å². The van der Waals surface area contributed by atoms with E-state index in [-0.39, 0.29) is 5.41 Å². The fourth-order valence-electron chi connectivity index (χ4n) is 4.01. The van der Waals surface area contributed by atoms with E-state index < -0.39 is 0 Å². The Morgan fingerprint density at radius 3 is 2.10 bits per heavy atom. The summed E-state index contributed by atoms with van der Waals surface area (Å²) >= 11 is 0. The van der Waals surface area contributed by atoms with E-state index in [0.717, 1.165) is 32.5 Å². The van der Waals surface area contributed by atoms with Crippen LogP contribution in [0.15, 0.2) is 24.3 Å². The molecule has 0 atom stereocenters. The van der Waals surface area contributed by atoms with Crippen molar-refractivity contribution in [3.8, 4) is 0 Å². The summed E-state index contributed by atoms with van der Waals surface area (Å²) < 4.78 is 0. The van der Waals surface area contributed by atoms with Crippen LogP contribution in [-0.4, -0.2) is 36.2 Å². The van der Waals surface area contributed by atoms with Gasteiger partial charge in [0.2, 0.25) is 0 Å². The van der Waals surface area contributed by atoms with Gasteiger partial charge in [-0.1, -0.05) is 43.5 Å². The number of aliphatic hydroxyl groups excluding tert-OH is 1. The molecule has 1 saturated carbocycles. The smallest absolute Gasteiger partial charge is 0.0499 e. The number of hydrogen-bond acceptors (Lipinski definition) is 2. The van der Waals surface area contributed by atoms with Gasteiger partial charge >= 0.3 is 0 Å². The maximum absolute atomic E-state index is 9.89. The second-order valence-electron chi connectivity index (χ2n) is 6.76. The molecule has 20 heavy (non-hydrogen) atoms. The van der Waals surface area contributed by atoms with E-state index >= 15 is 0 Å². The molecule has 1 fully saturated rings. The van der Waals surface area contributed by atoms with Crippen LogP contribution in [0.5, 0.6) is 0 Å². The van der Waals surface area contributed by atoms with Gasteiger partial charge in [-0.2, -0.15) is 0 Å². The van der Waals surface area contributed by atoms with Gasteiger partial charge in [0.15, 0.2) is 0 Å². The minimum atomic E-state index is 0.189. The highest BCUT2D eigenvalue weighted by atomic mass is 16.3. The molecular formula is C18H27NO. The van der Waals surface area contributed by atoms with E-state index in [2.05, 4.69) is 29.2 Å². The predicted molar refractivity (Wildman–Crippen MR) is 82.9 cm³/mol. The number of benzene rings is 1. The van der Waals surface area contributed by atoms with Crippen molar-refractivity contribution in [1.82, 2.24) is 4.90 Å². The lowest BCUT2D eigenvalue weighted by Crippen LogP contribution is -2.42. The van der Waals surface area contributed by atoms with Crippen LogP contribution in [0.25, 0.3) is 0 Å². The fraction of sp³-hybridized carbons (Fsp3) is 0.667. The van der Waals surface area contributed by atoms with Gasteiger partial charge < -0.3 is 10.0 Å². The van der Waals surface area contributed by atoms with E-state index in [1.165, 1.54) is 43.2 Å². The third-order valence-corrected chi connectivity index (χ3v) is 5.32. The van der Waals surface area contributed by atoms with Gasteiger partial charge in [0.05, 0.1) is 0 Å². The highest BCUT2D eigenvalue weighted by molar-refractivity contribution is 5.28. The third kappa shape index (κ3) is 3.07. The Bertz CT molecular complexity index is 410. The molecule has 3 rings (SSSR count). The summed E-state index contributed by atoms with van der Waals surface area (Å²) in [6.45, 7) is 3.77. The van der Waals surface area contributed by atoms with Crippen molar-refractivity contribution in [3.05, 3.63) is 35.4 Å². The highest BCUT2D eigenvalue weighted by Gasteiger charge is 2.33. The zero-order valence-electron chi connectivity index (χ0n) is 12.5. The molecule has 1 N–H and O–H groups in total.